The van der Waals surface area contributed by atoms with Crippen LogP contribution in [0, 0.1) is 6.92 Å². The molecule has 0 bridgehead atoms. The lowest BCUT2D eigenvalue weighted by Gasteiger charge is -2.19. The van der Waals surface area contributed by atoms with Crippen molar-refractivity contribution in [3.05, 3.63) is 35.4 Å². The van der Waals surface area contributed by atoms with Gasteiger partial charge in [-0.15, -0.1) is 0 Å². The third-order valence-electron chi connectivity index (χ3n) is 3.84. The first-order chi connectivity index (χ1) is 9.66. The zero-order chi connectivity index (χ0) is 14.4. The third-order valence-corrected chi connectivity index (χ3v) is 3.84. The molecule has 1 aromatic rings. The monoisotopic (exact) mass is 276 g/mol. The molecule has 0 radical (unpaired) electrons. The summed E-state index contributed by atoms with van der Waals surface area (Å²) >= 11 is 0. The fraction of sp³-hybridized carbons (Fsp3) is 0.562. The summed E-state index contributed by atoms with van der Waals surface area (Å²) in [5, 5.41) is 6.18. The highest BCUT2D eigenvalue weighted by Gasteiger charge is 2.22. The van der Waals surface area contributed by atoms with Crippen LogP contribution >= 0.6 is 0 Å². The highest BCUT2D eigenvalue weighted by Crippen LogP contribution is 2.15. The van der Waals surface area contributed by atoms with Crippen LogP contribution in [0.5, 0.6) is 0 Å². The first kappa shape index (κ1) is 15.0. The smallest absolute Gasteiger partial charge is 0.234 e. The molecule has 2 unspecified atom stereocenters. The number of hydrogen-bond acceptors (Lipinski definition) is 3. The van der Waals surface area contributed by atoms with E-state index in [-0.39, 0.29) is 18.1 Å². The van der Waals surface area contributed by atoms with Crippen LogP contribution in [0.25, 0.3) is 0 Å². The molecule has 1 saturated heterocycles. The second kappa shape index (κ2) is 7.41. The molecule has 1 aromatic carbocycles. The highest BCUT2D eigenvalue weighted by molar-refractivity contribution is 5.78. The van der Waals surface area contributed by atoms with Crippen LogP contribution in [0.1, 0.15) is 30.9 Å². The first-order valence-electron chi connectivity index (χ1n) is 7.33. The molecule has 110 valence electrons. The minimum Gasteiger partial charge on any atom is -0.377 e. The van der Waals surface area contributed by atoms with Gasteiger partial charge in [-0.1, -0.05) is 24.3 Å². The van der Waals surface area contributed by atoms with Crippen molar-refractivity contribution in [3.63, 3.8) is 0 Å². The molecule has 4 heteroatoms. The average Bonchev–Trinajstić information content (AvgIpc) is 2.98. The Morgan fingerprint density at radius 3 is 2.95 bits per heavy atom. The van der Waals surface area contributed by atoms with E-state index in [0.717, 1.165) is 25.0 Å². The molecule has 2 atom stereocenters. The van der Waals surface area contributed by atoms with Crippen LogP contribution in [-0.4, -0.2) is 31.2 Å². The molecule has 1 amide bonds. The zero-order valence-corrected chi connectivity index (χ0v) is 12.3. The summed E-state index contributed by atoms with van der Waals surface area (Å²) in [5.74, 6) is 0.0260. The lowest BCUT2D eigenvalue weighted by molar-refractivity contribution is -0.120. The lowest BCUT2D eigenvalue weighted by atomic mass is 10.1. The van der Waals surface area contributed by atoms with Gasteiger partial charge >= 0.3 is 0 Å². The Labute approximate surface area is 120 Å². The van der Waals surface area contributed by atoms with Gasteiger partial charge in [-0.25, -0.2) is 0 Å². The molecule has 1 heterocycles. The molecular weight excluding hydrogens is 252 g/mol. The molecule has 2 N–H and O–H groups in total. The summed E-state index contributed by atoms with van der Waals surface area (Å²) in [6.07, 6.45) is 2.45. The summed E-state index contributed by atoms with van der Waals surface area (Å²) in [5.41, 5.74) is 2.36. The van der Waals surface area contributed by atoms with E-state index in [1.165, 1.54) is 5.56 Å². The Kier molecular flexibility index (Phi) is 5.56. The van der Waals surface area contributed by atoms with E-state index in [4.69, 9.17) is 4.74 Å². The summed E-state index contributed by atoms with van der Waals surface area (Å²) in [6, 6.07) is 8.32. The van der Waals surface area contributed by atoms with E-state index >= 15 is 0 Å². The fourth-order valence-corrected chi connectivity index (χ4v) is 2.45. The van der Waals surface area contributed by atoms with Gasteiger partial charge in [0.25, 0.3) is 0 Å². The summed E-state index contributed by atoms with van der Waals surface area (Å²) in [4.78, 5) is 11.8. The number of carbonyl (C=O) groups excluding carboxylic acids is 1. The maximum absolute atomic E-state index is 11.8. The van der Waals surface area contributed by atoms with Crippen molar-refractivity contribution in [1.29, 1.82) is 0 Å². The normalized spacial score (nSPS) is 19.8. The van der Waals surface area contributed by atoms with Gasteiger partial charge in [0.2, 0.25) is 5.91 Å². The van der Waals surface area contributed by atoms with Gasteiger partial charge in [0.1, 0.15) is 0 Å². The number of aryl methyl sites for hydroxylation is 1. The van der Waals surface area contributed by atoms with Crippen molar-refractivity contribution in [2.24, 2.45) is 0 Å². The van der Waals surface area contributed by atoms with Gasteiger partial charge in [-0.3, -0.25) is 4.79 Å². The minimum atomic E-state index is 0.0260. The van der Waals surface area contributed by atoms with E-state index in [1.807, 2.05) is 18.2 Å². The molecular formula is C16H24N2O2. The number of nitrogens with one attached hydrogen (secondary N) is 2. The summed E-state index contributed by atoms with van der Waals surface area (Å²) < 4.78 is 5.60. The van der Waals surface area contributed by atoms with Gasteiger partial charge < -0.3 is 15.4 Å². The maximum atomic E-state index is 11.8. The minimum absolute atomic E-state index is 0.0260. The number of rotatable bonds is 6. The van der Waals surface area contributed by atoms with Crippen LogP contribution in [0.15, 0.2) is 24.3 Å². The largest absolute Gasteiger partial charge is 0.377 e. The Morgan fingerprint density at radius 2 is 2.25 bits per heavy atom. The fourth-order valence-electron chi connectivity index (χ4n) is 2.45. The molecule has 0 aromatic heterocycles. The van der Waals surface area contributed by atoms with Crippen molar-refractivity contribution in [1.82, 2.24) is 10.6 Å². The summed E-state index contributed by atoms with van der Waals surface area (Å²) in [7, 11) is 0. The second-order valence-corrected chi connectivity index (χ2v) is 5.42. The van der Waals surface area contributed by atoms with Gasteiger partial charge in [0.05, 0.1) is 12.6 Å². The van der Waals surface area contributed by atoms with Crippen molar-refractivity contribution >= 4 is 5.91 Å². The van der Waals surface area contributed by atoms with E-state index in [2.05, 4.69) is 30.5 Å². The quantitative estimate of drug-likeness (QED) is 0.832. The number of hydrogen-bond donors (Lipinski definition) is 2. The van der Waals surface area contributed by atoms with Crippen molar-refractivity contribution < 1.29 is 9.53 Å². The number of amides is 1. The Bertz CT molecular complexity index is 442. The molecule has 2 rings (SSSR count). The van der Waals surface area contributed by atoms with Gasteiger partial charge in [-0.2, -0.15) is 0 Å². The third kappa shape index (κ3) is 4.32. The molecule has 1 fully saturated rings. The predicted octanol–water partition coefficient (Wildman–Crippen LogP) is 1.77. The standard InChI is InChI=1S/C16H24N2O2/c1-12-6-3-4-7-14(12)10-18-16(19)11-17-13(2)15-8-5-9-20-15/h3-4,6-7,13,15,17H,5,8-11H2,1-2H3,(H,18,19). The lowest BCUT2D eigenvalue weighted by Crippen LogP contribution is -2.43. The molecule has 4 nitrogen and oxygen atoms in total. The van der Waals surface area contributed by atoms with Crippen LogP contribution < -0.4 is 10.6 Å². The summed E-state index contributed by atoms with van der Waals surface area (Å²) in [6.45, 7) is 5.90. The zero-order valence-electron chi connectivity index (χ0n) is 12.3. The van der Waals surface area contributed by atoms with Crippen molar-refractivity contribution in [3.8, 4) is 0 Å². The van der Waals surface area contributed by atoms with E-state index in [0.29, 0.717) is 13.1 Å². The molecule has 1 aliphatic heterocycles. The maximum Gasteiger partial charge on any atom is 0.234 e. The van der Waals surface area contributed by atoms with Gasteiger partial charge in [0, 0.05) is 19.2 Å². The molecule has 20 heavy (non-hydrogen) atoms. The first-order valence-corrected chi connectivity index (χ1v) is 7.33. The van der Waals surface area contributed by atoms with E-state index in [9.17, 15) is 4.79 Å². The molecule has 0 saturated carbocycles. The number of carbonyl (C=O) groups is 1. The molecule has 0 aliphatic carbocycles. The molecule has 0 spiro atoms. The van der Waals surface area contributed by atoms with Crippen LogP contribution in [-0.2, 0) is 16.1 Å². The van der Waals surface area contributed by atoms with Crippen LogP contribution in [0.3, 0.4) is 0 Å². The van der Waals surface area contributed by atoms with Crippen molar-refractivity contribution in [2.75, 3.05) is 13.2 Å². The van der Waals surface area contributed by atoms with Crippen LogP contribution in [0.4, 0.5) is 0 Å². The number of ether oxygens (including phenoxy) is 1. The van der Waals surface area contributed by atoms with Gasteiger partial charge in [0.15, 0.2) is 0 Å². The topological polar surface area (TPSA) is 50.4 Å². The average molecular weight is 276 g/mol. The van der Waals surface area contributed by atoms with E-state index < -0.39 is 0 Å². The number of benzene rings is 1. The second-order valence-electron chi connectivity index (χ2n) is 5.42. The highest BCUT2D eigenvalue weighted by atomic mass is 16.5. The van der Waals surface area contributed by atoms with E-state index in [1.54, 1.807) is 0 Å². The van der Waals surface area contributed by atoms with Crippen molar-refractivity contribution in [2.45, 2.75) is 45.4 Å². The molecule has 1 aliphatic rings. The predicted molar refractivity (Wildman–Crippen MR) is 79.5 cm³/mol. The Balaban J connectivity index is 1.69. The Hall–Kier alpha value is -1.39. The SMILES string of the molecule is Cc1ccccc1CNC(=O)CNC(C)C1CCCO1. The van der Waals surface area contributed by atoms with Crippen LogP contribution in [0.2, 0.25) is 0 Å². The van der Waals surface area contributed by atoms with Gasteiger partial charge in [-0.05, 0) is 37.8 Å². The Morgan fingerprint density at radius 1 is 1.45 bits per heavy atom.